The van der Waals surface area contributed by atoms with Crippen molar-refractivity contribution in [3.05, 3.63) is 206 Å². The van der Waals surface area contributed by atoms with Crippen LogP contribution in [0.15, 0.2) is 206 Å². The lowest BCUT2D eigenvalue weighted by atomic mass is 10.0. The van der Waals surface area contributed by atoms with E-state index in [4.69, 9.17) is 0 Å². The van der Waals surface area contributed by atoms with Crippen molar-refractivity contribution >= 4 is 81.1 Å². The molecule has 2 aromatic heterocycles. The second-order valence-electron chi connectivity index (χ2n) is 14.1. The first-order valence-electron chi connectivity index (χ1n) is 18.8. The van der Waals surface area contributed by atoms with Crippen LogP contribution in [-0.2, 0) is 0 Å². The third kappa shape index (κ3) is 5.24. The first-order chi connectivity index (χ1) is 27.3. The summed E-state index contributed by atoms with van der Waals surface area (Å²) in [4.78, 5) is 2.37. The summed E-state index contributed by atoms with van der Waals surface area (Å²) in [5.41, 5.74) is 11.8. The van der Waals surface area contributed by atoms with Crippen LogP contribution in [-0.4, -0.2) is 4.57 Å². The van der Waals surface area contributed by atoms with Crippen molar-refractivity contribution < 1.29 is 0 Å². The monoisotopic (exact) mass is 718 g/mol. The molecule has 55 heavy (non-hydrogen) atoms. The predicted octanol–water partition coefficient (Wildman–Crippen LogP) is 15.1. The molecule has 0 aliphatic carbocycles. The number of para-hydroxylation sites is 3. The summed E-state index contributed by atoms with van der Waals surface area (Å²) in [7, 11) is 0. The Hall–Kier alpha value is -6.94. The second kappa shape index (κ2) is 12.9. The van der Waals surface area contributed by atoms with Gasteiger partial charge in [0.1, 0.15) is 0 Å². The quantitative estimate of drug-likeness (QED) is 0.166. The van der Waals surface area contributed by atoms with Gasteiger partial charge in [0.15, 0.2) is 0 Å². The molecule has 3 heteroatoms. The van der Waals surface area contributed by atoms with E-state index in [9.17, 15) is 0 Å². The molecule has 2 nitrogen and oxygen atoms in total. The van der Waals surface area contributed by atoms with E-state index in [1.165, 1.54) is 80.7 Å². The van der Waals surface area contributed by atoms with E-state index in [1.54, 1.807) is 0 Å². The van der Waals surface area contributed by atoms with Crippen molar-refractivity contribution in [1.29, 1.82) is 0 Å². The molecule has 0 saturated carbocycles. The number of aromatic nitrogens is 1. The molecule has 0 saturated heterocycles. The van der Waals surface area contributed by atoms with E-state index < -0.39 is 0 Å². The Labute approximate surface area is 323 Å². The van der Waals surface area contributed by atoms with Crippen molar-refractivity contribution in [3.8, 4) is 27.9 Å². The van der Waals surface area contributed by atoms with Gasteiger partial charge in [-0.15, -0.1) is 11.3 Å². The molecule has 0 N–H and O–H groups in total. The van der Waals surface area contributed by atoms with Crippen LogP contribution in [0.5, 0.6) is 0 Å². The minimum Gasteiger partial charge on any atom is -0.310 e. The Morgan fingerprint density at radius 2 is 0.891 bits per heavy atom. The minimum absolute atomic E-state index is 1.10. The first kappa shape index (κ1) is 31.6. The molecular formula is C52H34N2S. The molecule has 0 radical (unpaired) electrons. The van der Waals surface area contributed by atoms with E-state index in [2.05, 4.69) is 216 Å². The Morgan fingerprint density at radius 1 is 0.364 bits per heavy atom. The highest BCUT2D eigenvalue weighted by molar-refractivity contribution is 7.26. The van der Waals surface area contributed by atoms with E-state index in [-0.39, 0.29) is 0 Å². The van der Waals surface area contributed by atoms with E-state index in [0.717, 1.165) is 17.1 Å². The van der Waals surface area contributed by atoms with Crippen molar-refractivity contribution in [3.63, 3.8) is 0 Å². The van der Waals surface area contributed by atoms with Crippen LogP contribution in [0, 0.1) is 0 Å². The number of thiophene rings is 1. The number of fused-ring (bicyclic) bond motifs is 7. The molecule has 0 fully saturated rings. The molecular weight excluding hydrogens is 685 g/mol. The Balaban J connectivity index is 1.02. The SMILES string of the molecule is c1ccc(-n2c3ccccc3c3ccccc32)c(-c2ccc(N(c3ccc(-c4cccc5c4sc4ccccc45)cc3)c3ccc4ccccc4c3)cc2)c1. The summed E-state index contributed by atoms with van der Waals surface area (Å²) in [6, 6.07) is 75.1. The fourth-order valence-corrected chi connectivity index (χ4v) is 9.65. The van der Waals surface area contributed by atoms with Gasteiger partial charge in [-0.25, -0.2) is 0 Å². The average molecular weight is 719 g/mol. The van der Waals surface area contributed by atoms with Crippen LogP contribution in [0.25, 0.3) is 80.7 Å². The normalized spacial score (nSPS) is 11.6. The van der Waals surface area contributed by atoms with E-state index >= 15 is 0 Å². The van der Waals surface area contributed by atoms with Crippen LogP contribution in [0.4, 0.5) is 17.1 Å². The Kier molecular flexibility index (Phi) is 7.39. The van der Waals surface area contributed by atoms with Gasteiger partial charge in [0.05, 0.1) is 16.7 Å². The van der Waals surface area contributed by atoms with Crippen LogP contribution < -0.4 is 4.90 Å². The minimum atomic E-state index is 1.10. The van der Waals surface area contributed by atoms with Gasteiger partial charge in [-0.05, 0) is 88.1 Å². The average Bonchev–Trinajstić information content (AvgIpc) is 3.80. The van der Waals surface area contributed by atoms with Gasteiger partial charge < -0.3 is 9.47 Å². The first-order valence-corrected chi connectivity index (χ1v) is 19.6. The maximum Gasteiger partial charge on any atom is 0.0541 e. The van der Waals surface area contributed by atoms with Gasteiger partial charge >= 0.3 is 0 Å². The number of anilines is 3. The van der Waals surface area contributed by atoms with Gasteiger partial charge in [0.2, 0.25) is 0 Å². The van der Waals surface area contributed by atoms with Crippen molar-refractivity contribution in [2.75, 3.05) is 4.90 Å². The molecule has 0 atom stereocenters. The fourth-order valence-electron chi connectivity index (χ4n) is 8.41. The maximum absolute atomic E-state index is 2.41. The molecule has 9 aromatic carbocycles. The van der Waals surface area contributed by atoms with E-state index in [0.29, 0.717) is 0 Å². The van der Waals surface area contributed by atoms with Gasteiger partial charge in [0, 0.05) is 53.6 Å². The van der Waals surface area contributed by atoms with Crippen LogP contribution >= 0.6 is 11.3 Å². The smallest absolute Gasteiger partial charge is 0.0541 e. The fraction of sp³-hybridized carbons (Fsp3) is 0. The molecule has 0 bridgehead atoms. The lowest BCUT2D eigenvalue weighted by molar-refractivity contribution is 1.18. The summed E-state index contributed by atoms with van der Waals surface area (Å²) in [6.45, 7) is 0. The number of hydrogen-bond donors (Lipinski definition) is 0. The van der Waals surface area contributed by atoms with Crippen LogP contribution in [0.2, 0.25) is 0 Å². The highest BCUT2D eigenvalue weighted by Gasteiger charge is 2.18. The molecule has 0 spiro atoms. The summed E-state index contributed by atoms with van der Waals surface area (Å²) >= 11 is 1.88. The zero-order valence-corrected chi connectivity index (χ0v) is 30.7. The number of rotatable bonds is 6. The third-order valence-electron chi connectivity index (χ3n) is 11.0. The highest BCUT2D eigenvalue weighted by atomic mass is 32.1. The number of hydrogen-bond acceptors (Lipinski definition) is 2. The van der Waals surface area contributed by atoms with E-state index in [1.807, 2.05) is 11.3 Å². The summed E-state index contributed by atoms with van der Waals surface area (Å²) in [6.07, 6.45) is 0. The van der Waals surface area contributed by atoms with Crippen LogP contribution in [0.1, 0.15) is 0 Å². The largest absolute Gasteiger partial charge is 0.310 e. The van der Waals surface area contributed by atoms with Crippen molar-refractivity contribution in [1.82, 2.24) is 4.57 Å². The predicted molar refractivity (Wildman–Crippen MR) is 237 cm³/mol. The molecule has 2 heterocycles. The number of nitrogens with zero attached hydrogens (tertiary/aromatic N) is 2. The summed E-state index contributed by atoms with van der Waals surface area (Å²) < 4.78 is 5.07. The lowest BCUT2D eigenvalue weighted by Crippen LogP contribution is -2.10. The van der Waals surface area contributed by atoms with Gasteiger partial charge in [-0.3, -0.25) is 0 Å². The van der Waals surface area contributed by atoms with Gasteiger partial charge in [-0.1, -0.05) is 146 Å². The standard InChI is InChI=1S/C52H34N2S/c1-2-13-38-34-41(33-24-35(38)12-1)53(40-31-27-37(28-32-40)43-18-11-19-47-46-17-6-10-23-51(46)55-52(43)47)39-29-25-36(26-30-39)42-14-3-7-20-48(42)54-49-21-8-4-15-44(49)45-16-5-9-22-50(45)54/h1-34H. The topological polar surface area (TPSA) is 8.17 Å². The lowest BCUT2D eigenvalue weighted by Gasteiger charge is -2.26. The third-order valence-corrected chi connectivity index (χ3v) is 12.2. The van der Waals surface area contributed by atoms with Gasteiger partial charge in [-0.2, -0.15) is 0 Å². The summed E-state index contributed by atoms with van der Waals surface area (Å²) in [5.74, 6) is 0. The zero-order chi connectivity index (χ0) is 36.3. The molecule has 258 valence electrons. The second-order valence-corrected chi connectivity index (χ2v) is 15.2. The summed E-state index contributed by atoms with van der Waals surface area (Å²) in [5, 5.41) is 7.62. The molecule has 11 rings (SSSR count). The van der Waals surface area contributed by atoms with Crippen molar-refractivity contribution in [2.45, 2.75) is 0 Å². The number of benzene rings is 9. The van der Waals surface area contributed by atoms with Crippen molar-refractivity contribution in [2.24, 2.45) is 0 Å². The molecule has 0 aliphatic heterocycles. The van der Waals surface area contributed by atoms with Gasteiger partial charge in [0.25, 0.3) is 0 Å². The molecule has 0 aliphatic rings. The molecule has 0 unspecified atom stereocenters. The highest BCUT2D eigenvalue weighted by Crippen LogP contribution is 2.43. The molecule has 11 aromatic rings. The Morgan fingerprint density at radius 3 is 1.62 bits per heavy atom. The maximum atomic E-state index is 2.41. The zero-order valence-electron chi connectivity index (χ0n) is 29.9. The molecule has 0 amide bonds. The Bertz CT molecular complexity index is 3150. The van der Waals surface area contributed by atoms with Crippen LogP contribution in [0.3, 0.4) is 0 Å².